The Morgan fingerprint density at radius 2 is 2.00 bits per heavy atom. The Morgan fingerprint density at radius 3 is 2.74 bits per heavy atom. The van der Waals surface area contributed by atoms with Crippen molar-refractivity contribution in [1.82, 2.24) is 9.97 Å². The van der Waals surface area contributed by atoms with Crippen LogP contribution in [0, 0.1) is 13.8 Å². The molecule has 1 N–H and O–H groups in total. The normalized spacial score (nSPS) is 10.1. The fourth-order valence-corrected chi connectivity index (χ4v) is 1.63. The maximum Gasteiger partial charge on any atom is 0.274 e. The first-order valence-corrected chi connectivity index (χ1v) is 5.85. The van der Waals surface area contributed by atoms with Gasteiger partial charge >= 0.3 is 0 Å². The van der Waals surface area contributed by atoms with E-state index in [0.29, 0.717) is 5.88 Å². The van der Waals surface area contributed by atoms with Gasteiger partial charge in [0.2, 0.25) is 5.88 Å². The van der Waals surface area contributed by atoms with Crippen molar-refractivity contribution in [2.24, 2.45) is 0 Å². The Labute approximate surface area is 111 Å². The van der Waals surface area contributed by atoms with Crippen LogP contribution in [0.5, 0.6) is 5.88 Å². The number of aryl methyl sites for hydroxylation is 2. The molecule has 0 aliphatic carbocycles. The second kappa shape index (κ2) is 5.48. The second-order valence-corrected chi connectivity index (χ2v) is 4.22. The number of benzene rings is 1. The number of ether oxygens (including phenoxy) is 1. The van der Waals surface area contributed by atoms with E-state index >= 15 is 0 Å². The molecular weight excluding hydrogens is 242 g/mol. The molecule has 0 bridgehead atoms. The van der Waals surface area contributed by atoms with Crippen LogP contribution in [0.15, 0.2) is 30.6 Å². The van der Waals surface area contributed by atoms with E-state index in [4.69, 9.17) is 4.74 Å². The monoisotopic (exact) mass is 257 g/mol. The van der Waals surface area contributed by atoms with E-state index in [9.17, 15) is 4.79 Å². The number of amides is 1. The van der Waals surface area contributed by atoms with Crippen molar-refractivity contribution < 1.29 is 9.53 Å². The van der Waals surface area contributed by atoms with Gasteiger partial charge in [-0.25, -0.2) is 9.97 Å². The summed E-state index contributed by atoms with van der Waals surface area (Å²) < 4.78 is 4.97. The summed E-state index contributed by atoms with van der Waals surface area (Å²) >= 11 is 0. The smallest absolute Gasteiger partial charge is 0.274 e. The van der Waals surface area contributed by atoms with Crippen molar-refractivity contribution >= 4 is 11.6 Å². The zero-order valence-electron chi connectivity index (χ0n) is 11.1. The molecule has 0 radical (unpaired) electrons. The van der Waals surface area contributed by atoms with Crippen LogP contribution in [0.4, 0.5) is 5.69 Å². The van der Waals surface area contributed by atoms with Gasteiger partial charge in [-0.1, -0.05) is 12.1 Å². The molecule has 1 amide bonds. The number of hydrogen-bond donors (Lipinski definition) is 1. The minimum absolute atomic E-state index is 0.271. The molecular formula is C14H15N3O2. The van der Waals surface area contributed by atoms with E-state index in [1.54, 1.807) is 0 Å². The predicted molar refractivity (Wildman–Crippen MR) is 72.5 cm³/mol. The molecule has 0 unspecified atom stereocenters. The molecule has 1 heterocycles. The van der Waals surface area contributed by atoms with Gasteiger partial charge in [0.1, 0.15) is 12.0 Å². The zero-order valence-corrected chi connectivity index (χ0v) is 11.1. The van der Waals surface area contributed by atoms with Crippen molar-refractivity contribution in [3.8, 4) is 5.88 Å². The molecule has 1 aromatic carbocycles. The SMILES string of the molecule is COc1cc(C(=O)Nc2cc(C)ccc2C)ncn1. The van der Waals surface area contributed by atoms with Crippen molar-refractivity contribution in [2.45, 2.75) is 13.8 Å². The Morgan fingerprint density at radius 1 is 1.21 bits per heavy atom. The molecule has 0 fully saturated rings. The van der Waals surface area contributed by atoms with Gasteiger partial charge in [0.25, 0.3) is 5.91 Å². The molecule has 5 nitrogen and oxygen atoms in total. The third-order valence-electron chi connectivity index (χ3n) is 2.73. The number of rotatable bonds is 3. The van der Waals surface area contributed by atoms with E-state index < -0.39 is 0 Å². The Balaban J connectivity index is 2.22. The average molecular weight is 257 g/mol. The highest BCUT2D eigenvalue weighted by Gasteiger charge is 2.10. The Kier molecular flexibility index (Phi) is 3.75. The summed E-state index contributed by atoms with van der Waals surface area (Å²) in [5.41, 5.74) is 3.14. The lowest BCUT2D eigenvalue weighted by Gasteiger charge is -2.09. The predicted octanol–water partition coefficient (Wildman–Crippen LogP) is 2.35. The van der Waals surface area contributed by atoms with Gasteiger partial charge in [0, 0.05) is 11.8 Å². The topological polar surface area (TPSA) is 64.1 Å². The van der Waals surface area contributed by atoms with Crippen LogP contribution < -0.4 is 10.1 Å². The van der Waals surface area contributed by atoms with Gasteiger partial charge in [-0.05, 0) is 31.0 Å². The van der Waals surface area contributed by atoms with Crippen LogP contribution in [0.3, 0.4) is 0 Å². The third-order valence-corrected chi connectivity index (χ3v) is 2.73. The molecule has 2 rings (SSSR count). The van der Waals surface area contributed by atoms with E-state index in [1.165, 1.54) is 19.5 Å². The van der Waals surface area contributed by atoms with Crippen LogP contribution in [0.2, 0.25) is 0 Å². The van der Waals surface area contributed by atoms with Crippen molar-refractivity contribution in [2.75, 3.05) is 12.4 Å². The summed E-state index contributed by atoms with van der Waals surface area (Å²) in [6.45, 7) is 3.92. The number of aromatic nitrogens is 2. The van der Waals surface area contributed by atoms with Gasteiger partial charge in [0.05, 0.1) is 7.11 Å². The molecule has 0 saturated carbocycles. The lowest BCUT2D eigenvalue weighted by molar-refractivity contribution is 0.102. The average Bonchev–Trinajstić information content (AvgIpc) is 2.43. The van der Waals surface area contributed by atoms with Crippen LogP contribution in [-0.4, -0.2) is 23.0 Å². The maximum atomic E-state index is 12.1. The third kappa shape index (κ3) is 3.07. The number of anilines is 1. The highest BCUT2D eigenvalue weighted by Crippen LogP contribution is 2.17. The molecule has 0 saturated heterocycles. The second-order valence-electron chi connectivity index (χ2n) is 4.22. The first-order valence-electron chi connectivity index (χ1n) is 5.85. The number of nitrogens with one attached hydrogen (secondary N) is 1. The van der Waals surface area contributed by atoms with E-state index in [0.717, 1.165) is 16.8 Å². The molecule has 2 aromatic rings. The summed E-state index contributed by atoms with van der Waals surface area (Å²) in [6.07, 6.45) is 1.30. The fourth-order valence-electron chi connectivity index (χ4n) is 1.63. The van der Waals surface area contributed by atoms with E-state index in [-0.39, 0.29) is 11.6 Å². The van der Waals surface area contributed by atoms with Crippen LogP contribution in [0.1, 0.15) is 21.6 Å². The van der Waals surface area contributed by atoms with Gasteiger partial charge in [-0.15, -0.1) is 0 Å². The largest absolute Gasteiger partial charge is 0.481 e. The summed E-state index contributed by atoms with van der Waals surface area (Å²) in [6, 6.07) is 7.39. The van der Waals surface area contributed by atoms with Crippen LogP contribution >= 0.6 is 0 Å². The van der Waals surface area contributed by atoms with Gasteiger partial charge < -0.3 is 10.1 Å². The molecule has 98 valence electrons. The molecule has 0 aliphatic heterocycles. The highest BCUT2D eigenvalue weighted by molar-refractivity contribution is 6.03. The lowest BCUT2D eigenvalue weighted by Crippen LogP contribution is -2.14. The van der Waals surface area contributed by atoms with Gasteiger partial charge in [-0.3, -0.25) is 4.79 Å². The highest BCUT2D eigenvalue weighted by atomic mass is 16.5. The van der Waals surface area contributed by atoms with Crippen LogP contribution in [0.25, 0.3) is 0 Å². The quantitative estimate of drug-likeness (QED) is 0.916. The van der Waals surface area contributed by atoms with Crippen molar-refractivity contribution in [3.05, 3.63) is 47.4 Å². The summed E-state index contributed by atoms with van der Waals surface area (Å²) in [5, 5.41) is 2.83. The van der Waals surface area contributed by atoms with Crippen molar-refractivity contribution in [3.63, 3.8) is 0 Å². The number of nitrogens with zero attached hydrogens (tertiary/aromatic N) is 2. The minimum Gasteiger partial charge on any atom is -0.481 e. The molecule has 5 heteroatoms. The number of hydrogen-bond acceptors (Lipinski definition) is 4. The molecule has 0 aliphatic rings. The van der Waals surface area contributed by atoms with Crippen molar-refractivity contribution in [1.29, 1.82) is 0 Å². The summed E-state index contributed by atoms with van der Waals surface area (Å²) in [4.78, 5) is 19.9. The standard InChI is InChI=1S/C14H15N3O2/c1-9-4-5-10(2)11(6-9)17-14(18)12-7-13(19-3)16-8-15-12/h4-8H,1-3H3,(H,17,18). The van der Waals surface area contributed by atoms with Gasteiger partial charge in [0.15, 0.2) is 0 Å². The Hall–Kier alpha value is -2.43. The maximum absolute atomic E-state index is 12.1. The van der Waals surface area contributed by atoms with Crippen LogP contribution in [-0.2, 0) is 0 Å². The summed E-state index contributed by atoms with van der Waals surface area (Å²) in [5.74, 6) is 0.0792. The Bertz CT molecular complexity index is 611. The van der Waals surface area contributed by atoms with E-state index in [1.807, 2.05) is 32.0 Å². The van der Waals surface area contributed by atoms with Gasteiger partial charge in [-0.2, -0.15) is 0 Å². The molecule has 1 aromatic heterocycles. The number of carbonyl (C=O) groups is 1. The number of carbonyl (C=O) groups excluding carboxylic acids is 1. The lowest BCUT2D eigenvalue weighted by atomic mass is 10.1. The minimum atomic E-state index is -0.283. The first kappa shape index (κ1) is 13.0. The molecule has 0 spiro atoms. The first-order chi connectivity index (χ1) is 9.10. The number of methoxy groups -OCH3 is 1. The summed E-state index contributed by atoms with van der Waals surface area (Å²) in [7, 11) is 1.49. The fraction of sp³-hybridized carbons (Fsp3) is 0.214. The zero-order chi connectivity index (χ0) is 13.8. The molecule has 0 atom stereocenters. The molecule has 19 heavy (non-hydrogen) atoms. The van der Waals surface area contributed by atoms with E-state index in [2.05, 4.69) is 15.3 Å².